The molecule has 0 amide bonds. The van der Waals surface area contributed by atoms with Gasteiger partial charge < -0.3 is 10.5 Å². The Morgan fingerprint density at radius 3 is 3.33 bits per heavy atom. The molecule has 1 aliphatic rings. The van der Waals surface area contributed by atoms with Crippen molar-refractivity contribution in [2.24, 2.45) is 5.73 Å². The van der Waals surface area contributed by atoms with E-state index in [1.165, 1.54) is 5.56 Å². The topological polar surface area (TPSA) is 63.9 Å². The van der Waals surface area contributed by atoms with E-state index in [2.05, 4.69) is 10.2 Å². The lowest BCUT2D eigenvalue weighted by atomic mass is 10.1. The van der Waals surface area contributed by atoms with E-state index in [1.807, 2.05) is 0 Å². The van der Waals surface area contributed by atoms with Crippen molar-refractivity contribution < 1.29 is 4.74 Å². The maximum absolute atomic E-state index is 5.47. The molecule has 4 nitrogen and oxygen atoms in total. The first-order valence-electron chi connectivity index (χ1n) is 4.24. The fourth-order valence-corrected chi connectivity index (χ4v) is 1.55. The van der Waals surface area contributed by atoms with Crippen molar-refractivity contribution in [1.82, 2.24) is 10.2 Å². The molecule has 12 heavy (non-hydrogen) atoms. The van der Waals surface area contributed by atoms with Crippen molar-refractivity contribution in [3.63, 3.8) is 0 Å². The van der Waals surface area contributed by atoms with Crippen molar-refractivity contribution >= 4 is 0 Å². The molecule has 1 aromatic heterocycles. The Balaban J connectivity index is 2.25. The lowest BCUT2D eigenvalue weighted by molar-refractivity contribution is 0.108. The van der Waals surface area contributed by atoms with Gasteiger partial charge in [-0.1, -0.05) is 0 Å². The number of hydrogen-bond donors (Lipinski definition) is 2. The maximum atomic E-state index is 5.47. The van der Waals surface area contributed by atoms with E-state index in [0.717, 1.165) is 30.8 Å². The van der Waals surface area contributed by atoms with E-state index in [1.54, 1.807) is 0 Å². The van der Waals surface area contributed by atoms with Crippen LogP contribution < -0.4 is 5.73 Å². The molecule has 2 heterocycles. The number of nitrogens with one attached hydrogen (secondary N) is 1. The van der Waals surface area contributed by atoms with Gasteiger partial charge in [0.1, 0.15) is 0 Å². The van der Waals surface area contributed by atoms with Gasteiger partial charge in [-0.2, -0.15) is 5.10 Å². The molecular weight excluding hydrogens is 154 g/mol. The van der Waals surface area contributed by atoms with E-state index in [4.69, 9.17) is 10.5 Å². The molecule has 2 rings (SSSR count). The van der Waals surface area contributed by atoms with Crippen molar-refractivity contribution in [1.29, 1.82) is 0 Å². The van der Waals surface area contributed by atoms with Crippen LogP contribution in [0.5, 0.6) is 0 Å². The van der Waals surface area contributed by atoms with Crippen molar-refractivity contribution in [2.75, 3.05) is 13.2 Å². The minimum atomic E-state index is 0.665. The summed E-state index contributed by atoms with van der Waals surface area (Å²) >= 11 is 0. The molecule has 4 heteroatoms. The summed E-state index contributed by atoms with van der Waals surface area (Å²) in [6, 6.07) is 0. The number of aromatic nitrogens is 2. The van der Waals surface area contributed by atoms with Crippen LogP contribution in [0.3, 0.4) is 0 Å². The van der Waals surface area contributed by atoms with Crippen LogP contribution in [0.15, 0.2) is 0 Å². The fourth-order valence-electron chi connectivity index (χ4n) is 1.55. The molecule has 0 fully saturated rings. The predicted octanol–water partition coefficient (Wildman–Crippen LogP) is -0.0164. The highest BCUT2D eigenvalue weighted by molar-refractivity contribution is 5.26. The van der Waals surface area contributed by atoms with Gasteiger partial charge in [0.05, 0.1) is 24.6 Å². The zero-order chi connectivity index (χ0) is 8.39. The van der Waals surface area contributed by atoms with Gasteiger partial charge in [0, 0.05) is 12.0 Å². The Labute approximate surface area is 71.1 Å². The summed E-state index contributed by atoms with van der Waals surface area (Å²) in [5.74, 6) is 0. The van der Waals surface area contributed by atoms with Crippen LogP contribution in [0.25, 0.3) is 0 Å². The SMILES string of the molecule is NCCc1n[nH]c2c1CCOC2. The maximum Gasteiger partial charge on any atom is 0.0885 e. The average molecular weight is 167 g/mol. The molecule has 0 radical (unpaired) electrons. The first-order chi connectivity index (χ1) is 5.92. The van der Waals surface area contributed by atoms with E-state index in [-0.39, 0.29) is 0 Å². The van der Waals surface area contributed by atoms with Gasteiger partial charge in [0.15, 0.2) is 0 Å². The molecule has 3 N–H and O–H groups in total. The summed E-state index contributed by atoms with van der Waals surface area (Å²) in [6.45, 7) is 2.15. The third kappa shape index (κ3) is 1.23. The second-order valence-electron chi connectivity index (χ2n) is 2.97. The second-order valence-corrected chi connectivity index (χ2v) is 2.97. The van der Waals surface area contributed by atoms with Gasteiger partial charge in [-0.25, -0.2) is 0 Å². The number of ether oxygens (including phenoxy) is 1. The van der Waals surface area contributed by atoms with Crippen LogP contribution in [-0.4, -0.2) is 23.3 Å². The van der Waals surface area contributed by atoms with Crippen LogP contribution in [0.1, 0.15) is 17.0 Å². The molecule has 66 valence electrons. The number of nitrogens with two attached hydrogens (primary N) is 1. The Bertz CT molecular complexity index is 269. The summed E-state index contributed by atoms with van der Waals surface area (Å²) in [6.07, 6.45) is 1.84. The summed E-state index contributed by atoms with van der Waals surface area (Å²) in [7, 11) is 0. The number of H-pyrrole nitrogens is 1. The molecular formula is C8H13N3O. The lowest BCUT2D eigenvalue weighted by Gasteiger charge is -2.11. The first kappa shape index (κ1) is 7.76. The monoisotopic (exact) mass is 167 g/mol. The third-order valence-electron chi connectivity index (χ3n) is 2.16. The molecule has 1 aromatic rings. The minimum absolute atomic E-state index is 0.665. The normalized spacial score (nSPS) is 16.1. The Hall–Kier alpha value is -0.870. The minimum Gasteiger partial charge on any atom is -0.375 e. The van der Waals surface area contributed by atoms with Crippen LogP contribution in [-0.2, 0) is 24.2 Å². The van der Waals surface area contributed by atoms with E-state index in [9.17, 15) is 0 Å². The molecule has 0 aromatic carbocycles. The number of hydrogen-bond acceptors (Lipinski definition) is 3. The van der Waals surface area contributed by atoms with Gasteiger partial charge in [-0.3, -0.25) is 5.10 Å². The molecule has 0 aliphatic carbocycles. The van der Waals surface area contributed by atoms with Crippen molar-refractivity contribution in [3.05, 3.63) is 17.0 Å². The third-order valence-corrected chi connectivity index (χ3v) is 2.16. The van der Waals surface area contributed by atoms with Crippen LogP contribution in [0, 0.1) is 0 Å². The van der Waals surface area contributed by atoms with Crippen molar-refractivity contribution in [2.45, 2.75) is 19.4 Å². The zero-order valence-electron chi connectivity index (χ0n) is 6.97. The standard InChI is InChI=1S/C8H13N3O/c9-3-1-7-6-2-4-12-5-8(6)11-10-7/h1-5,9H2,(H,10,11). The smallest absolute Gasteiger partial charge is 0.0885 e. The summed E-state index contributed by atoms with van der Waals surface area (Å²) < 4.78 is 5.28. The summed E-state index contributed by atoms with van der Waals surface area (Å²) in [4.78, 5) is 0. The number of rotatable bonds is 2. The number of aromatic amines is 1. The Morgan fingerprint density at radius 1 is 1.58 bits per heavy atom. The summed E-state index contributed by atoms with van der Waals surface area (Å²) in [5.41, 5.74) is 9.04. The lowest BCUT2D eigenvalue weighted by Crippen LogP contribution is -2.11. The van der Waals surface area contributed by atoms with Crippen LogP contribution >= 0.6 is 0 Å². The first-order valence-corrected chi connectivity index (χ1v) is 4.24. The van der Waals surface area contributed by atoms with E-state index >= 15 is 0 Å². The van der Waals surface area contributed by atoms with E-state index < -0.39 is 0 Å². The van der Waals surface area contributed by atoms with Gasteiger partial charge in [0.2, 0.25) is 0 Å². The zero-order valence-corrected chi connectivity index (χ0v) is 6.97. The highest BCUT2D eigenvalue weighted by atomic mass is 16.5. The highest BCUT2D eigenvalue weighted by Crippen LogP contribution is 2.17. The quantitative estimate of drug-likeness (QED) is 0.650. The molecule has 0 spiro atoms. The number of nitrogens with zero attached hydrogens (tertiary/aromatic N) is 1. The molecule has 1 aliphatic heterocycles. The van der Waals surface area contributed by atoms with Gasteiger partial charge in [-0.15, -0.1) is 0 Å². The Kier molecular flexibility index (Phi) is 2.10. The van der Waals surface area contributed by atoms with E-state index in [0.29, 0.717) is 13.2 Å². The van der Waals surface area contributed by atoms with Gasteiger partial charge in [-0.05, 0) is 13.0 Å². The summed E-state index contributed by atoms with van der Waals surface area (Å²) in [5, 5.41) is 7.18. The van der Waals surface area contributed by atoms with Crippen LogP contribution in [0.2, 0.25) is 0 Å². The highest BCUT2D eigenvalue weighted by Gasteiger charge is 2.15. The molecule has 0 unspecified atom stereocenters. The molecule has 0 bridgehead atoms. The van der Waals surface area contributed by atoms with Crippen LogP contribution in [0.4, 0.5) is 0 Å². The van der Waals surface area contributed by atoms with Crippen molar-refractivity contribution in [3.8, 4) is 0 Å². The fraction of sp³-hybridized carbons (Fsp3) is 0.625. The molecule has 0 atom stereocenters. The van der Waals surface area contributed by atoms with Gasteiger partial charge >= 0.3 is 0 Å². The molecule has 0 saturated heterocycles. The number of fused-ring (bicyclic) bond motifs is 1. The van der Waals surface area contributed by atoms with Gasteiger partial charge in [0.25, 0.3) is 0 Å². The molecule has 0 saturated carbocycles. The Morgan fingerprint density at radius 2 is 2.50 bits per heavy atom. The largest absolute Gasteiger partial charge is 0.375 e. The predicted molar refractivity (Wildman–Crippen MR) is 44.7 cm³/mol. The second kappa shape index (κ2) is 3.25. The average Bonchev–Trinajstić information content (AvgIpc) is 2.50.